The third-order valence-electron chi connectivity index (χ3n) is 4.77. The van der Waals surface area contributed by atoms with Crippen molar-refractivity contribution in [2.75, 3.05) is 10.2 Å². The minimum absolute atomic E-state index is 0.131. The number of halogens is 3. The number of alkyl halides is 3. The molecular formula is C21H17F3N4O. The average Bonchev–Trinajstić information content (AvgIpc) is 3.03. The molecule has 1 unspecified atom stereocenters. The average molecular weight is 398 g/mol. The lowest BCUT2D eigenvalue weighted by molar-refractivity contribution is -0.137. The normalized spacial score (nSPS) is 15.9. The number of nitrogens with zero attached hydrogens (tertiary/aromatic N) is 3. The highest BCUT2D eigenvalue weighted by Crippen LogP contribution is 2.36. The van der Waals surface area contributed by atoms with E-state index in [-0.39, 0.29) is 17.4 Å². The minimum Gasteiger partial charge on any atom is -0.321 e. The summed E-state index contributed by atoms with van der Waals surface area (Å²) in [5.74, 6) is -0.115. The van der Waals surface area contributed by atoms with Gasteiger partial charge in [0.1, 0.15) is 5.69 Å². The van der Waals surface area contributed by atoms with Gasteiger partial charge in [0.05, 0.1) is 5.56 Å². The highest BCUT2D eigenvalue weighted by atomic mass is 19.4. The first-order valence-corrected chi connectivity index (χ1v) is 9.02. The predicted octanol–water partition coefficient (Wildman–Crippen LogP) is 4.83. The lowest BCUT2D eigenvalue weighted by Crippen LogP contribution is -2.26. The van der Waals surface area contributed by atoms with E-state index in [2.05, 4.69) is 22.2 Å². The van der Waals surface area contributed by atoms with Gasteiger partial charge in [0, 0.05) is 23.6 Å². The number of rotatable bonds is 3. The van der Waals surface area contributed by atoms with E-state index < -0.39 is 17.6 Å². The van der Waals surface area contributed by atoms with Crippen molar-refractivity contribution in [2.24, 2.45) is 0 Å². The topological polar surface area (TPSA) is 58.1 Å². The van der Waals surface area contributed by atoms with Gasteiger partial charge < -0.3 is 10.2 Å². The summed E-state index contributed by atoms with van der Waals surface area (Å²) in [6.07, 6.45) is -2.08. The van der Waals surface area contributed by atoms with Crippen LogP contribution >= 0.6 is 0 Å². The van der Waals surface area contributed by atoms with E-state index in [0.717, 1.165) is 24.2 Å². The lowest BCUT2D eigenvalue weighted by atomic mass is 10.1. The summed E-state index contributed by atoms with van der Waals surface area (Å²) < 4.78 is 38.0. The maximum atomic E-state index is 12.7. The van der Waals surface area contributed by atoms with Gasteiger partial charge in [-0.2, -0.15) is 13.2 Å². The van der Waals surface area contributed by atoms with E-state index in [9.17, 15) is 18.0 Å². The predicted molar refractivity (Wildman–Crippen MR) is 103 cm³/mol. The summed E-state index contributed by atoms with van der Waals surface area (Å²) in [5, 5.41) is 2.57. The van der Waals surface area contributed by atoms with Crippen molar-refractivity contribution in [2.45, 2.75) is 25.6 Å². The molecule has 0 spiro atoms. The number of amides is 1. The minimum atomic E-state index is -4.42. The molecule has 1 aliphatic heterocycles. The number of carbonyl (C=O) groups is 1. The molecule has 0 fully saturated rings. The maximum Gasteiger partial charge on any atom is 0.416 e. The number of hydrogen-bond acceptors (Lipinski definition) is 4. The Balaban J connectivity index is 1.55. The first-order chi connectivity index (χ1) is 13.8. The number of para-hydroxylation sites is 1. The Kier molecular flexibility index (Phi) is 4.70. The third-order valence-corrected chi connectivity index (χ3v) is 4.77. The monoisotopic (exact) mass is 398 g/mol. The van der Waals surface area contributed by atoms with Gasteiger partial charge in [-0.1, -0.05) is 18.2 Å². The van der Waals surface area contributed by atoms with E-state index in [1.54, 1.807) is 0 Å². The van der Waals surface area contributed by atoms with Crippen molar-refractivity contribution in [3.05, 3.63) is 77.6 Å². The number of carbonyl (C=O) groups excluding carboxylic acids is 1. The molecule has 1 atom stereocenters. The van der Waals surface area contributed by atoms with Gasteiger partial charge in [0.2, 0.25) is 5.95 Å². The van der Waals surface area contributed by atoms with E-state index >= 15 is 0 Å². The van der Waals surface area contributed by atoms with Crippen LogP contribution in [0.4, 0.5) is 30.5 Å². The van der Waals surface area contributed by atoms with Crippen LogP contribution in [0.1, 0.15) is 28.5 Å². The summed E-state index contributed by atoms with van der Waals surface area (Å²) in [6.45, 7) is 2.05. The standard InChI is InChI=1S/C21H17F3N4O/c1-13-12-14-4-2-3-5-18(14)28(13)20-25-11-10-17(27-20)19(29)26-16-8-6-15(7-9-16)21(22,23)24/h2-11,13H,12H2,1H3,(H,26,29). The summed E-state index contributed by atoms with van der Waals surface area (Å²) in [7, 11) is 0. The Bertz CT molecular complexity index is 1050. The molecule has 29 heavy (non-hydrogen) atoms. The molecule has 0 radical (unpaired) electrons. The van der Waals surface area contributed by atoms with Gasteiger partial charge in [-0.3, -0.25) is 4.79 Å². The van der Waals surface area contributed by atoms with E-state index in [4.69, 9.17) is 0 Å². The molecule has 1 amide bonds. The molecule has 148 valence electrons. The van der Waals surface area contributed by atoms with Crippen molar-refractivity contribution in [1.82, 2.24) is 9.97 Å². The van der Waals surface area contributed by atoms with E-state index in [1.807, 2.05) is 29.2 Å². The summed E-state index contributed by atoms with van der Waals surface area (Å²) in [4.78, 5) is 23.2. The maximum absolute atomic E-state index is 12.7. The molecule has 0 saturated heterocycles. The SMILES string of the molecule is CC1Cc2ccccc2N1c1nccc(C(=O)Nc2ccc(C(F)(F)F)cc2)n1. The van der Waals surface area contributed by atoms with Crippen molar-refractivity contribution < 1.29 is 18.0 Å². The lowest BCUT2D eigenvalue weighted by Gasteiger charge is -2.22. The quantitative estimate of drug-likeness (QED) is 0.687. The molecule has 3 aromatic rings. The van der Waals surface area contributed by atoms with Crippen LogP contribution in [0.15, 0.2) is 60.8 Å². The van der Waals surface area contributed by atoms with Gasteiger partial charge in [-0.05, 0) is 55.3 Å². The molecule has 1 N–H and O–H groups in total. The Morgan fingerprint density at radius 1 is 1.10 bits per heavy atom. The molecule has 4 rings (SSSR count). The van der Waals surface area contributed by atoms with Gasteiger partial charge in [0.25, 0.3) is 5.91 Å². The van der Waals surface area contributed by atoms with Crippen LogP contribution in [0.25, 0.3) is 0 Å². The Morgan fingerprint density at radius 3 is 2.55 bits per heavy atom. The highest BCUT2D eigenvalue weighted by molar-refractivity contribution is 6.03. The van der Waals surface area contributed by atoms with Crippen LogP contribution in [0.2, 0.25) is 0 Å². The summed E-state index contributed by atoms with van der Waals surface area (Å²) in [6, 6.07) is 13.8. The Labute approximate surface area is 165 Å². The molecule has 1 aromatic heterocycles. The van der Waals surface area contributed by atoms with Crippen molar-refractivity contribution in [3.8, 4) is 0 Å². The zero-order chi connectivity index (χ0) is 20.6. The number of fused-ring (bicyclic) bond motifs is 1. The zero-order valence-electron chi connectivity index (χ0n) is 15.4. The van der Waals surface area contributed by atoms with E-state index in [1.165, 1.54) is 30.0 Å². The molecule has 0 saturated carbocycles. The molecular weight excluding hydrogens is 381 g/mol. The van der Waals surface area contributed by atoms with Crippen LogP contribution in [0, 0.1) is 0 Å². The molecule has 2 aromatic carbocycles. The highest BCUT2D eigenvalue weighted by Gasteiger charge is 2.30. The fraction of sp³-hybridized carbons (Fsp3) is 0.190. The van der Waals surface area contributed by atoms with Crippen LogP contribution in [-0.4, -0.2) is 21.9 Å². The van der Waals surface area contributed by atoms with Crippen molar-refractivity contribution >= 4 is 23.2 Å². The summed E-state index contributed by atoms with van der Waals surface area (Å²) >= 11 is 0. The smallest absolute Gasteiger partial charge is 0.321 e. The fourth-order valence-electron chi connectivity index (χ4n) is 3.40. The second-order valence-corrected chi connectivity index (χ2v) is 6.82. The van der Waals surface area contributed by atoms with E-state index in [0.29, 0.717) is 5.95 Å². The van der Waals surface area contributed by atoms with Crippen LogP contribution in [0.3, 0.4) is 0 Å². The number of nitrogens with one attached hydrogen (secondary N) is 1. The third kappa shape index (κ3) is 3.78. The molecule has 1 aliphatic rings. The molecule has 2 heterocycles. The molecule has 8 heteroatoms. The molecule has 0 bridgehead atoms. The van der Waals surface area contributed by atoms with Gasteiger partial charge >= 0.3 is 6.18 Å². The zero-order valence-corrected chi connectivity index (χ0v) is 15.4. The molecule has 5 nitrogen and oxygen atoms in total. The van der Waals surface area contributed by atoms with Crippen LogP contribution in [0.5, 0.6) is 0 Å². The molecule has 0 aliphatic carbocycles. The van der Waals surface area contributed by atoms with Gasteiger partial charge in [0.15, 0.2) is 0 Å². The van der Waals surface area contributed by atoms with Crippen molar-refractivity contribution in [3.63, 3.8) is 0 Å². The number of aromatic nitrogens is 2. The second-order valence-electron chi connectivity index (χ2n) is 6.82. The van der Waals surface area contributed by atoms with Gasteiger partial charge in [-0.25, -0.2) is 9.97 Å². The first kappa shape index (κ1) is 18.9. The summed E-state index contributed by atoms with van der Waals surface area (Å²) in [5.41, 5.74) is 1.79. The largest absolute Gasteiger partial charge is 0.416 e. The second kappa shape index (κ2) is 7.20. The van der Waals surface area contributed by atoms with Crippen LogP contribution < -0.4 is 10.2 Å². The number of benzene rings is 2. The van der Waals surface area contributed by atoms with Crippen LogP contribution in [-0.2, 0) is 12.6 Å². The van der Waals surface area contributed by atoms with Gasteiger partial charge in [-0.15, -0.1) is 0 Å². The number of hydrogen-bond donors (Lipinski definition) is 1. The number of anilines is 3. The van der Waals surface area contributed by atoms with Crippen molar-refractivity contribution in [1.29, 1.82) is 0 Å². The first-order valence-electron chi connectivity index (χ1n) is 9.02. The Hall–Kier alpha value is -3.42. The Morgan fingerprint density at radius 2 is 1.83 bits per heavy atom. The fourth-order valence-corrected chi connectivity index (χ4v) is 3.40.